The number of aromatic nitrogens is 1. The Kier molecular flexibility index (Phi) is 5.20. The third-order valence-corrected chi connectivity index (χ3v) is 4.20. The van der Waals surface area contributed by atoms with Gasteiger partial charge in [0.2, 0.25) is 5.91 Å². The average Bonchev–Trinajstić information content (AvgIpc) is 2.42. The van der Waals surface area contributed by atoms with Crippen LogP contribution >= 0.6 is 11.6 Å². The summed E-state index contributed by atoms with van der Waals surface area (Å²) in [7, 11) is 0. The standard InChI is InChI=1S/C15H21ClN2O/c1-11(12-5-3-2-4-6-12)9-15(19)18-13-7-8-14(16)17-10-13/h7-8,10-12H,2-6,9H2,1H3,(H,18,19). The third kappa shape index (κ3) is 4.50. The van der Waals surface area contributed by atoms with Crippen LogP contribution in [0.5, 0.6) is 0 Å². The zero-order chi connectivity index (χ0) is 13.7. The second kappa shape index (κ2) is 6.90. The number of rotatable bonds is 4. The molecular weight excluding hydrogens is 260 g/mol. The van der Waals surface area contributed by atoms with Crippen LogP contribution in [0.4, 0.5) is 5.69 Å². The molecule has 104 valence electrons. The molecule has 0 radical (unpaired) electrons. The van der Waals surface area contributed by atoms with E-state index >= 15 is 0 Å². The van der Waals surface area contributed by atoms with Crippen molar-refractivity contribution in [3.8, 4) is 0 Å². The van der Waals surface area contributed by atoms with E-state index in [-0.39, 0.29) is 5.91 Å². The lowest BCUT2D eigenvalue weighted by molar-refractivity contribution is -0.117. The molecule has 1 saturated carbocycles. The average molecular weight is 281 g/mol. The molecule has 0 saturated heterocycles. The number of carbonyl (C=O) groups excluding carboxylic acids is 1. The van der Waals surface area contributed by atoms with Crippen molar-refractivity contribution in [2.45, 2.75) is 45.4 Å². The molecular formula is C15H21ClN2O. The van der Waals surface area contributed by atoms with Crippen LogP contribution in [0.3, 0.4) is 0 Å². The summed E-state index contributed by atoms with van der Waals surface area (Å²) in [5.74, 6) is 1.24. The largest absolute Gasteiger partial charge is 0.325 e. The molecule has 1 fully saturated rings. The van der Waals surface area contributed by atoms with Crippen molar-refractivity contribution < 1.29 is 4.79 Å². The van der Waals surface area contributed by atoms with Gasteiger partial charge in [0.05, 0.1) is 11.9 Å². The van der Waals surface area contributed by atoms with Crippen LogP contribution in [0.25, 0.3) is 0 Å². The van der Waals surface area contributed by atoms with Gasteiger partial charge in [0.15, 0.2) is 0 Å². The molecule has 3 nitrogen and oxygen atoms in total. The van der Waals surface area contributed by atoms with Gasteiger partial charge in [-0.3, -0.25) is 4.79 Å². The Balaban J connectivity index is 1.81. The smallest absolute Gasteiger partial charge is 0.224 e. The summed E-state index contributed by atoms with van der Waals surface area (Å²) in [4.78, 5) is 15.9. The Morgan fingerprint density at radius 1 is 1.42 bits per heavy atom. The molecule has 1 unspecified atom stereocenters. The van der Waals surface area contributed by atoms with Gasteiger partial charge in [-0.15, -0.1) is 0 Å². The van der Waals surface area contributed by atoms with Crippen LogP contribution in [0, 0.1) is 11.8 Å². The van der Waals surface area contributed by atoms with E-state index in [1.165, 1.54) is 32.1 Å². The fraction of sp³-hybridized carbons (Fsp3) is 0.600. The molecule has 1 aromatic rings. The molecule has 1 N–H and O–H groups in total. The number of nitrogens with zero attached hydrogens (tertiary/aromatic N) is 1. The molecule has 1 aliphatic rings. The molecule has 2 rings (SSSR count). The van der Waals surface area contributed by atoms with Crippen molar-refractivity contribution in [2.75, 3.05) is 5.32 Å². The van der Waals surface area contributed by atoms with Gasteiger partial charge >= 0.3 is 0 Å². The van der Waals surface area contributed by atoms with Gasteiger partial charge in [-0.1, -0.05) is 50.6 Å². The summed E-state index contributed by atoms with van der Waals surface area (Å²) in [6.07, 6.45) is 8.72. The lowest BCUT2D eigenvalue weighted by atomic mass is 9.79. The molecule has 1 heterocycles. The van der Waals surface area contributed by atoms with Crippen LogP contribution in [0.2, 0.25) is 5.15 Å². The van der Waals surface area contributed by atoms with Gasteiger partial charge in [-0.25, -0.2) is 4.98 Å². The van der Waals surface area contributed by atoms with Crippen LogP contribution in [-0.4, -0.2) is 10.9 Å². The first-order valence-corrected chi connectivity index (χ1v) is 7.44. The van der Waals surface area contributed by atoms with Gasteiger partial charge in [0, 0.05) is 6.42 Å². The monoisotopic (exact) mass is 280 g/mol. The molecule has 0 aliphatic heterocycles. The van der Waals surface area contributed by atoms with Gasteiger partial charge in [-0.2, -0.15) is 0 Å². The third-order valence-electron chi connectivity index (χ3n) is 3.97. The van der Waals surface area contributed by atoms with Crippen LogP contribution in [0.1, 0.15) is 45.4 Å². The Morgan fingerprint density at radius 3 is 2.79 bits per heavy atom. The van der Waals surface area contributed by atoms with Gasteiger partial charge in [0.1, 0.15) is 5.15 Å². The van der Waals surface area contributed by atoms with Gasteiger partial charge in [0.25, 0.3) is 0 Å². The lowest BCUT2D eigenvalue weighted by Gasteiger charge is -2.27. The number of pyridine rings is 1. The maximum absolute atomic E-state index is 12.0. The number of hydrogen-bond acceptors (Lipinski definition) is 2. The highest BCUT2D eigenvalue weighted by Gasteiger charge is 2.22. The van der Waals surface area contributed by atoms with E-state index in [1.54, 1.807) is 18.3 Å². The number of hydrogen-bond donors (Lipinski definition) is 1. The summed E-state index contributed by atoms with van der Waals surface area (Å²) >= 11 is 5.71. The predicted octanol–water partition coefficient (Wildman–Crippen LogP) is 4.28. The second-order valence-corrected chi connectivity index (χ2v) is 5.88. The Bertz CT molecular complexity index is 413. The van der Waals surface area contributed by atoms with E-state index in [4.69, 9.17) is 11.6 Å². The van der Waals surface area contributed by atoms with Crippen LogP contribution < -0.4 is 5.32 Å². The molecule has 1 aromatic heterocycles. The molecule has 1 aliphatic carbocycles. The Hall–Kier alpha value is -1.09. The number of anilines is 1. The van der Waals surface area contributed by atoms with Gasteiger partial charge in [-0.05, 0) is 24.0 Å². The van der Waals surface area contributed by atoms with E-state index < -0.39 is 0 Å². The quantitative estimate of drug-likeness (QED) is 0.837. The second-order valence-electron chi connectivity index (χ2n) is 5.50. The van der Waals surface area contributed by atoms with Crippen molar-refractivity contribution in [1.82, 2.24) is 4.98 Å². The van der Waals surface area contributed by atoms with Gasteiger partial charge < -0.3 is 5.32 Å². The summed E-state index contributed by atoms with van der Waals surface area (Å²) in [6.45, 7) is 2.19. The Labute approximate surface area is 119 Å². The molecule has 4 heteroatoms. The SMILES string of the molecule is CC(CC(=O)Nc1ccc(Cl)nc1)C1CCCCC1. The first-order valence-electron chi connectivity index (χ1n) is 7.06. The van der Waals surface area contributed by atoms with Crippen molar-refractivity contribution in [3.05, 3.63) is 23.5 Å². The first-order chi connectivity index (χ1) is 9.15. The molecule has 1 atom stereocenters. The van der Waals surface area contributed by atoms with E-state index in [0.717, 1.165) is 0 Å². The normalized spacial score (nSPS) is 18.0. The maximum atomic E-state index is 12.0. The topological polar surface area (TPSA) is 42.0 Å². The number of carbonyl (C=O) groups is 1. The van der Waals surface area contributed by atoms with Crippen molar-refractivity contribution in [2.24, 2.45) is 11.8 Å². The highest BCUT2D eigenvalue weighted by atomic mass is 35.5. The van der Waals surface area contributed by atoms with E-state index in [0.29, 0.717) is 29.1 Å². The minimum atomic E-state index is 0.0715. The van der Waals surface area contributed by atoms with E-state index in [1.807, 2.05) is 0 Å². The zero-order valence-electron chi connectivity index (χ0n) is 11.4. The molecule has 19 heavy (non-hydrogen) atoms. The van der Waals surface area contributed by atoms with Crippen molar-refractivity contribution in [1.29, 1.82) is 0 Å². The van der Waals surface area contributed by atoms with Crippen LogP contribution in [-0.2, 0) is 4.79 Å². The molecule has 0 aromatic carbocycles. The first kappa shape index (κ1) is 14.3. The summed E-state index contributed by atoms with van der Waals surface area (Å²) in [5, 5.41) is 3.32. The maximum Gasteiger partial charge on any atom is 0.224 e. The lowest BCUT2D eigenvalue weighted by Crippen LogP contribution is -2.22. The highest BCUT2D eigenvalue weighted by Crippen LogP contribution is 2.31. The van der Waals surface area contributed by atoms with Crippen molar-refractivity contribution in [3.63, 3.8) is 0 Å². The van der Waals surface area contributed by atoms with Crippen molar-refractivity contribution >= 4 is 23.2 Å². The van der Waals surface area contributed by atoms with E-state index in [2.05, 4.69) is 17.2 Å². The fourth-order valence-electron chi connectivity index (χ4n) is 2.82. The predicted molar refractivity (Wildman–Crippen MR) is 78.2 cm³/mol. The highest BCUT2D eigenvalue weighted by molar-refractivity contribution is 6.29. The summed E-state index contributed by atoms with van der Waals surface area (Å²) in [5.41, 5.74) is 0.713. The zero-order valence-corrected chi connectivity index (χ0v) is 12.1. The minimum Gasteiger partial charge on any atom is -0.325 e. The number of nitrogens with one attached hydrogen (secondary N) is 1. The minimum absolute atomic E-state index is 0.0715. The number of halogens is 1. The summed E-state index contributed by atoms with van der Waals surface area (Å²) in [6, 6.07) is 3.46. The number of amides is 1. The molecule has 1 amide bonds. The van der Waals surface area contributed by atoms with E-state index in [9.17, 15) is 4.79 Å². The van der Waals surface area contributed by atoms with Crippen LogP contribution in [0.15, 0.2) is 18.3 Å². The molecule has 0 bridgehead atoms. The Morgan fingerprint density at radius 2 is 2.16 bits per heavy atom. The summed E-state index contributed by atoms with van der Waals surface area (Å²) < 4.78 is 0. The fourth-order valence-corrected chi connectivity index (χ4v) is 2.94. The molecule has 0 spiro atoms.